The molecule has 0 atom stereocenters. The first-order valence-electron chi connectivity index (χ1n) is 10.6. The molecule has 2 aromatic heterocycles. The Balaban J connectivity index is 1.50. The van der Waals surface area contributed by atoms with Crippen molar-refractivity contribution in [3.8, 4) is 0 Å². The van der Waals surface area contributed by atoms with Crippen LogP contribution in [-0.4, -0.2) is 20.6 Å². The van der Waals surface area contributed by atoms with E-state index in [-0.39, 0.29) is 10.8 Å². The van der Waals surface area contributed by atoms with E-state index in [1.165, 1.54) is 5.56 Å². The van der Waals surface area contributed by atoms with Gasteiger partial charge in [-0.15, -0.1) is 0 Å². The van der Waals surface area contributed by atoms with Gasteiger partial charge in [-0.3, -0.25) is 14.3 Å². The molecule has 0 aliphatic carbocycles. The number of aryl methyl sites for hydroxylation is 1. The highest BCUT2D eigenvalue weighted by Gasteiger charge is 2.18. The molecular weight excluding hydrogens is 430 g/mol. The molecule has 3 aromatic carbocycles. The van der Waals surface area contributed by atoms with Crippen LogP contribution in [0.5, 0.6) is 0 Å². The minimum atomic E-state index is -0.394. The summed E-state index contributed by atoms with van der Waals surface area (Å²) in [4.78, 5) is 29.8. The molecule has 5 aromatic rings. The van der Waals surface area contributed by atoms with Crippen molar-refractivity contribution in [1.29, 1.82) is 0 Å². The van der Waals surface area contributed by atoms with Gasteiger partial charge < -0.3 is 4.57 Å². The fourth-order valence-corrected chi connectivity index (χ4v) is 4.64. The van der Waals surface area contributed by atoms with E-state index in [4.69, 9.17) is 0 Å². The first-order valence-corrected chi connectivity index (χ1v) is 11.4. The summed E-state index contributed by atoms with van der Waals surface area (Å²) in [6, 6.07) is 29.1. The van der Waals surface area contributed by atoms with Crippen molar-refractivity contribution in [2.24, 2.45) is 0 Å². The number of aromatic nitrogens is 2. The number of para-hydroxylation sites is 1. The van der Waals surface area contributed by atoms with Crippen molar-refractivity contribution >= 4 is 44.8 Å². The van der Waals surface area contributed by atoms with Gasteiger partial charge in [-0.1, -0.05) is 78.9 Å². The molecule has 0 saturated heterocycles. The van der Waals surface area contributed by atoms with Gasteiger partial charge in [0.25, 0.3) is 5.91 Å². The van der Waals surface area contributed by atoms with E-state index in [0.29, 0.717) is 12.1 Å². The van der Waals surface area contributed by atoms with Crippen LogP contribution < -0.4 is 4.72 Å². The van der Waals surface area contributed by atoms with Crippen LogP contribution in [0.15, 0.2) is 91.0 Å². The fourth-order valence-electron chi connectivity index (χ4n) is 4.09. The Kier molecular flexibility index (Phi) is 5.67. The number of amides is 1. The number of fused-ring (bicyclic) bond motifs is 3. The Morgan fingerprint density at radius 3 is 2.30 bits per heavy atom. The standard InChI is InChI=1S/C27H21N3O2S/c1-18-25-22(16-23(28-18)26(31)29-33-27(32)20-12-6-3-7-13-20)21-14-8-9-15-24(21)30(25)17-19-10-4-2-5-11-19/h2-16H,17H2,1H3,(H,29,31). The van der Waals surface area contributed by atoms with Crippen LogP contribution in [0.1, 0.15) is 32.1 Å². The van der Waals surface area contributed by atoms with Crippen LogP contribution in [-0.2, 0) is 6.54 Å². The van der Waals surface area contributed by atoms with E-state index in [1.54, 1.807) is 24.3 Å². The van der Waals surface area contributed by atoms with Gasteiger partial charge in [-0.05, 0) is 24.6 Å². The number of pyridine rings is 1. The highest BCUT2D eigenvalue weighted by Crippen LogP contribution is 2.32. The molecular formula is C27H21N3O2S. The Morgan fingerprint density at radius 1 is 0.879 bits per heavy atom. The van der Waals surface area contributed by atoms with E-state index < -0.39 is 5.91 Å². The average molecular weight is 452 g/mol. The molecule has 1 N–H and O–H groups in total. The third kappa shape index (κ3) is 4.13. The van der Waals surface area contributed by atoms with Crippen molar-refractivity contribution in [2.75, 3.05) is 0 Å². The van der Waals surface area contributed by atoms with Crippen LogP contribution in [0.3, 0.4) is 0 Å². The summed E-state index contributed by atoms with van der Waals surface area (Å²) in [5.74, 6) is -0.394. The topological polar surface area (TPSA) is 64.0 Å². The van der Waals surface area contributed by atoms with Crippen LogP contribution in [0.2, 0.25) is 0 Å². The number of nitrogens with zero attached hydrogens (tertiary/aromatic N) is 2. The van der Waals surface area contributed by atoms with E-state index >= 15 is 0 Å². The molecule has 1 amide bonds. The maximum absolute atomic E-state index is 12.9. The van der Waals surface area contributed by atoms with Crippen molar-refractivity contribution in [3.05, 3.63) is 114 Å². The first kappa shape index (κ1) is 21.0. The molecule has 0 aliphatic heterocycles. The summed E-state index contributed by atoms with van der Waals surface area (Å²) in [6.07, 6.45) is 0. The smallest absolute Gasteiger partial charge is 0.280 e. The van der Waals surface area contributed by atoms with Gasteiger partial charge in [-0.25, -0.2) is 4.98 Å². The summed E-state index contributed by atoms with van der Waals surface area (Å²) in [5, 5.41) is 1.82. The molecule has 0 spiro atoms. The number of benzene rings is 3. The molecule has 6 heteroatoms. The largest absolute Gasteiger partial charge is 0.334 e. The predicted molar refractivity (Wildman–Crippen MR) is 133 cm³/mol. The molecule has 0 aliphatic rings. The number of hydrogen-bond donors (Lipinski definition) is 1. The zero-order valence-corrected chi connectivity index (χ0v) is 18.8. The minimum Gasteiger partial charge on any atom is -0.334 e. The lowest BCUT2D eigenvalue weighted by atomic mass is 10.1. The summed E-state index contributed by atoms with van der Waals surface area (Å²) >= 11 is 0.771. The maximum Gasteiger partial charge on any atom is 0.280 e. The molecule has 0 unspecified atom stereocenters. The van der Waals surface area contributed by atoms with Gasteiger partial charge in [0.15, 0.2) is 0 Å². The fraction of sp³-hybridized carbons (Fsp3) is 0.0741. The Bertz CT molecular complexity index is 1480. The van der Waals surface area contributed by atoms with Crippen molar-refractivity contribution in [1.82, 2.24) is 14.3 Å². The van der Waals surface area contributed by atoms with Gasteiger partial charge in [0.05, 0.1) is 11.2 Å². The molecule has 2 heterocycles. The van der Waals surface area contributed by atoms with E-state index in [9.17, 15) is 9.59 Å². The average Bonchev–Trinajstić information content (AvgIpc) is 3.17. The predicted octanol–water partition coefficient (Wildman–Crippen LogP) is 5.76. The second-order valence-corrected chi connectivity index (χ2v) is 8.54. The molecule has 33 heavy (non-hydrogen) atoms. The third-order valence-corrected chi connectivity index (χ3v) is 6.29. The SMILES string of the molecule is Cc1nc(C(=O)NSC(=O)c2ccccc2)cc2c3ccccc3n(Cc3ccccc3)c12. The number of hydrogen-bond acceptors (Lipinski definition) is 4. The normalized spacial score (nSPS) is 11.1. The number of carbonyl (C=O) groups excluding carboxylic acids is 2. The molecule has 162 valence electrons. The van der Waals surface area contributed by atoms with E-state index in [2.05, 4.69) is 38.5 Å². The summed E-state index contributed by atoms with van der Waals surface area (Å²) in [7, 11) is 0. The van der Waals surface area contributed by atoms with E-state index in [0.717, 1.165) is 39.4 Å². The van der Waals surface area contributed by atoms with Gasteiger partial charge in [-0.2, -0.15) is 0 Å². The Hall–Kier alpha value is -3.90. The van der Waals surface area contributed by atoms with Crippen molar-refractivity contribution in [2.45, 2.75) is 13.5 Å². The molecule has 5 nitrogen and oxygen atoms in total. The van der Waals surface area contributed by atoms with Crippen molar-refractivity contribution in [3.63, 3.8) is 0 Å². The summed E-state index contributed by atoms with van der Waals surface area (Å²) in [6.45, 7) is 2.63. The van der Waals surface area contributed by atoms with E-state index in [1.807, 2.05) is 49.4 Å². The van der Waals surface area contributed by atoms with Crippen LogP contribution >= 0.6 is 11.9 Å². The summed E-state index contributed by atoms with van der Waals surface area (Å²) < 4.78 is 4.89. The monoisotopic (exact) mass is 451 g/mol. The van der Waals surface area contributed by atoms with Gasteiger partial charge in [0.1, 0.15) is 5.69 Å². The van der Waals surface area contributed by atoms with Gasteiger partial charge in [0, 0.05) is 40.3 Å². The van der Waals surface area contributed by atoms with Crippen LogP contribution in [0.25, 0.3) is 21.8 Å². The highest BCUT2D eigenvalue weighted by molar-refractivity contribution is 8.12. The Morgan fingerprint density at radius 2 is 1.55 bits per heavy atom. The zero-order valence-electron chi connectivity index (χ0n) is 18.0. The lowest BCUT2D eigenvalue weighted by molar-refractivity contribution is 0.0973. The molecule has 0 fully saturated rings. The number of nitrogens with one attached hydrogen (secondary N) is 1. The van der Waals surface area contributed by atoms with Crippen LogP contribution in [0, 0.1) is 6.92 Å². The lowest BCUT2D eigenvalue weighted by Gasteiger charge is -2.10. The van der Waals surface area contributed by atoms with Gasteiger partial charge in [0.2, 0.25) is 5.12 Å². The number of carbonyl (C=O) groups is 2. The summed E-state index contributed by atoms with van der Waals surface area (Å²) in [5.41, 5.74) is 4.88. The zero-order chi connectivity index (χ0) is 22.8. The minimum absolute atomic E-state index is 0.221. The lowest BCUT2D eigenvalue weighted by Crippen LogP contribution is -2.20. The second kappa shape index (κ2) is 8.92. The van der Waals surface area contributed by atoms with Gasteiger partial charge >= 0.3 is 0 Å². The number of rotatable bonds is 4. The van der Waals surface area contributed by atoms with Crippen molar-refractivity contribution < 1.29 is 9.59 Å². The molecule has 0 saturated carbocycles. The second-order valence-electron chi connectivity index (χ2n) is 7.76. The third-order valence-electron chi connectivity index (χ3n) is 5.58. The highest BCUT2D eigenvalue weighted by atomic mass is 32.2. The van der Waals surface area contributed by atoms with Crippen LogP contribution in [0.4, 0.5) is 0 Å². The molecule has 0 radical (unpaired) electrons. The Labute approximate surface area is 195 Å². The quantitative estimate of drug-likeness (QED) is 0.353. The first-order chi connectivity index (χ1) is 16.1. The molecule has 5 rings (SSSR count). The molecule has 0 bridgehead atoms. The maximum atomic E-state index is 12.9.